The van der Waals surface area contributed by atoms with Gasteiger partial charge in [0.1, 0.15) is 11.4 Å². The largest absolute Gasteiger partial charge is 0.497 e. The fourth-order valence-electron chi connectivity index (χ4n) is 3.99. The van der Waals surface area contributed by atoms with Gasteiger partial charge in [-0.15, -0.1) is 6.42 Å². The molecule has 0 radical (unpaired) electrons. The van der Waals surface area contributed by atoms with Crippen LogP contribution in [0, 0.1) is 17.8 Å². The molecule has 2 aliphatic carbocycles. The Hall–Kier alpha value is -1.46. The highest BCUT2D eigenvalue weighted by Crippen LogP contribution is 2.58. The summed E-state index contributed by atoms with van der Waals surface area (Å²) < 4.78 is 5.30. The van der Waals surface area contributed by atoms with E-state index in [0.717, 1.165) is 18.6 Å². The van der Waals surface area contributed by atoms with Crippen LogP contribution in [0.25, 0.3) is 0 Å². The Bertz CT molecular complexity index is 557. The van der Waals surface area contributed by atoms with Gasteiger partial charge in [0.05, 0.1) is 7.11 Å². The van der Waals surface area contributed by atoms with E-state index in [1.807, 2.05) is 6.07 Å². The van der Waals surface area contributed by atoms with Gasteiger partial charge in [-0.2, -0.15) is 0 Å². The lowest BCUT2D eigenvalue weighted by Gasteiger charge is -2.37. The van der Waals surface area contributed by atoms with Crippen molar-refractivity contribution in [1.29, 1.82) is 0 Å². The zero-order valence-corrected chi connectivity index (χ0v) is 11.6. The van der Waals surface area contributed by atoms with Gasteiger partial charge in [-0.3, -0.25) is 0 Å². The summed E-state index contributed by atoms with van der Waals surface area (Å²) in [6.45, 7) is 2.26. The molecule has 0 saturated heterocycles. The van der Waals surface area contributed by atoms with E-state index in [2.05, 4.69) is 25.0 Å². The maximum Gasteiger partial charge on any atom is 0.126 e. The first-order valence-corrected chi connectivity index (χ1v) is 6.87. The first kappa shape index (κ1) is 12.6. The van der Waals surface area contributed by atoms with Crippen LogP contribution in [0.5, 0.6) is 5.75 Å². The Morgan fingerprint density at radius 3 is 2.95 bits per heavy atom. The standard InChI is InChI=1S/C17H20O2/c1-4-17(18)10-15-14-6-5-13(19-3)9-12(14)7-8-16(15,2)11-17/h1,5-6,9,15,18H,7-8,10-11H2,2-3H3/t15-,16+,17-/m1/s1. The number of fused-ring (bicyclic) bond motifs is 3. The van der Waals surface area contributed by atoms with E-state index < -0.39 is 5.60 Å². The van der Waals surface area contributed by atoms with Gasteiger partial charge < -0.3 is 9.84 Å². The maximum atomic E-state index is 10.5. The molecule has 0 unspecified atom stereocenters. The number of terminal acetylenes is 1. The lowest BCUT2D eigenvalue weighted by atomic mass is 9.67. The molecule has 3 atom stereocenters. The molecular weight excluding hydrogens is 236 g/mol. The SMILES string of the molecule is C#C[C@@]1(O)C[C@@H]2c3ccc(OC)cc3CC[C@@]2(C)C1. The van der Waals surface area contributed by atoms with Gasteiger partial charge in [-0.25, -0.2) is 0 Å². The number of hydrogen-bond donors (Lipinski definition) is 1. The third-order valence-electron chi connectivity index (χ3n) is 5.04. The Labute approximate surface area is 114 Å². The number of rotatable bonds is 1. The van der Waals surface area contributed by atoms with Crippen molar-refractivity contribution < 1.29 is 9.84 Å². The van der Waals surface area contributed by atoms with Crippen LogP contribution in [0.2, 0.25) is 0 Å². The minimum absolute atomic E-state index is 0.128. The average Bonchev–Trinajstić information content (AvgIpc) is 2.70. The van der Waals surface area contributed by atoms with E-state index in [1.165, 1.54) is 11.1 Å². The van der Waals surface area contributed by atoms with Gasteiger partial charge in [0.25, 0.3) is 0 Å². The molecular formula is C17H20O2. The second-order valence-electron chi connectivity index (χ2n) is 6.33. The van der Waals surface area contributed by atoms with Gasteiger partial charge >= 0.3 is 0 Å². The normalized spacial score (nSPS) is 36.2. The summed E-state index contributed by atoms with van der Waals surface area (Å²) in [4.78, 5) is 0. The molecule has 3 rings (SSSR count). The van der Waals surface area contributed by atoms with Gasteiger partial charge in [0.2, 0.25) is 0 Å². The highest BCUT2D eigenvalue weighted by Gasteiger charge is 2.52. The quantitative estimate of drug-likeness (QED) is 0.783. The molecule has 2 aliphatic rings. The summed E-state index contributed by atoms with van der Waals surface area (Å²) in [5, 5.41) is 10.5. The van der Waals surface area contributed by atoms with E-state index in [9.17, 15) is 5.11 Å². The van der Waals surface area contributed by atoms with Crippen molar-refractivity contribution in [2.24, 2.45) is 5.41 Å². The van der Waals surface area contributed by atoms with Crippen LogP contribution in [0.3, 0.4) is 0 Å². The zero-order chi connectivity index (χ0) is 13.7. The van der Waals surface area contributed by atoms with Crippen LogP contribution in [0.1, 0.15) is 43.2 Å². The number of benzene rings is 1. The van der Waals surface area contributed by atoms with Crippen molar-refractivity contribution in [3.8, 4) is 18.1 Å². The van der Waals surface area contributed by atoms with Crippen LogP contribution in [-0.4, -0.2) is 17.8 Å². The molecule has 2 nitrogen and oxygen atoms in total. The summed E-state index contributed by atoms with van der Waals surface area (Å²) in [7, 11) is 1.70. The smallest absolute Gasteiger partial charge is 0.126 e. The molecule has 1 N–H and O–H groups in total. The molecule has 1 aromatic rings. The van der Waals surface area contributed by atoms with Crippen LogP contribution in [0.4, 0.5) is 0 Å². The van der Waals surface area contributed by atoms with Crippen molar-refractivity contribution in [3.05, 3.63) is 29.3 Å². The van der Waals surface area contributed by atoms with E-state index in [1.54, 1.807) is 7.11 Å². The summed E-state index contributed by atoms with van der Waals surface area (Å²) in [6, 6.07) is 6.29. The minimum atomic E-state index is -0.930. The molecule has 1 aromatic carbocycles. The lowest BCUT2D eigenvalue weighted by Crippen LogP contribution is -2.27. The maximum absolute atomic E-state index is 10.5. The number of aliphatic hydroxyl groups is 1. The number of aryl methyl sites for hydroxylation is 1. The van der Waals surface area contributed by atoms with Crippen LogP contribution in [0.15, 0.2) is 18.2 Å². The number of methoxy groups -OCH3 is 1. The number of ether oxygens (including phenoxy) is 1. The molecule has 0 spiro atoms. The van der Waals surface area contributed by atoms with E-state index in [-0.39, 0.29) is 5.41 Å². The first-order chi connectivity index (χ1) is 9.00. The van der Waals surface area contributed by atoms with E-state index in [0.29, 0.717) is 18.8 Å². The molecule has 0 heterocycles. The van der Waals surface area contributed by atoms with Crippen LogP contribution >= 0.6 is 0 Å². The van der Waals surface area contributed by atoms with Crippen LogP contribution in [-0.2, 0) is 6.42 Å². The molecule has 1 fully saturated rings. The second-order valence-corrected chi connectivity index (χ2v) is 6.33. The van der Waals surface area contributed by atoms with Crippen molar-refractivity contribution in [2.45, 2.75) is 44.1 Å². The third kappa shape index (κ3) is 1.84. The highest BCUT2D eigenvalue weighted by molar-refractivity contribution is 5.43. The Kier molecular flexibility index (Phi) is 2.66. The third-order valence-corrected chi connectivity index (χ3v) is 5.04. The lowest BCUT2D eigenvalue weighted by molar-refractivity contribution is 0.0932. The monoisotopic (exact) mass is 256 g/mol. The van der Waals surface area contributed by atoms with Crippen molar-refractivity contribution >= 4 is 0 Å². The first-order valence-electron chi connectivity index (χ1n) is 6.87. The molecule has 0 bridgehead atoms. The molecule has 0 amide bonds. The molecule has 100 valence electrons. The van der Waals surface area contributed by atoms with Crippen molar-refractivity contribution in [2.75, 3.05) is 7.11 Å². The molecule has 1 saturated carbocycles. The summed E-state index contributed by atoms with van der Waals surface area (Å²) >= 11 is 0. The fraction of sp³-hybridized carbons (Fsp3) is 0.529. The summed E-state index contributed by atoms with van der Waals surface area (Å²) in [6.07, 6.45) is 9.05. The Morgan fingerprint density at radius 1 is 1.47 bits per heavy atom. The van der Waals surface area contributed by atoms with E-state index in [4.69, 9.17) is 11.2 Å². The number of hydrogen-bond acceptors (Lipinski definition) is 2. The Balaban J connectivity index is 2.04. The van der Waals surface area contributed by atoms with Crippen molar-refractivity contribution in [3.63, 3.8) is 0 Å². The topological polar surface area (TPSA) is 29.5 Å². The molecule has 0 aliphatic heterocycles. The van der Waals surface area contributed by atoms with Gasteiger partial charge in [-0.1, -0.05) is 18.9 Å². The second kappa shape index (κ2) is 4.02. The zero-order valence-electron chi connectivity index (χ0n) is 11.6. The van der Waals surface area contributed by atoms with Gasteiger partial charge in [0, 0.05) is 0 Å². The Morgan fingerprint density at radius 2 is 2.26 bits per heavy atom. The highest BCUT2D eigenvalue weighted by atomic mass is 16.5. The molecule has 2 heteroatoms. The van der Waals surface area contributed by atoms with Crippen LogP contribution < -0.4 is 4.74 Å². The molecule has 0 aromatic heterocycles. The van der Waals surface area contributed by atoms with E-state index >= 15 is 0 Å². The summed E-state index contributed by atoms with van der Waals surface area (Å²) in [5.41, 5.74) is 1.90. The fourth-order valence-corrected chi connectivity index (χ4v) is 3.99. The average molecular weight is 256 g/mol. The summed E-state index contributed by atoms with van der Waals surface area (Å²) in [5.74, 6) is 3.88. The predicted molar refractivity (Wildman–Crippen MR) is 75.2 cm³/mol. The van der Waals surface area contributed by atoms with Crippen molar-refractivity contribution in [1.82, 2.24) is 0 Å². The minimum Gasteiger partial charge on any atom is -0.497 e. The molecule has 19 heavy (non-hydrogen) atoms. The van der Waals surface area contributed by atoms with Gasteiger partial charge in [-0.05, 0) is 60.3 Å². The predicted octanol–water partition coefficient (Wildman–Crippen LogP) is 2.89. The van der Waals surface area contributed by atoms with Gasteiger partial charge in [0.15, 0.2) is 0 Å².